The van der Waals surface area contributed by atoms with Gasteiger partial charge in [0.25, 0.3) is 0 Å². The number of benzene rings is 1. The molecule has 6 heteroatoms. The van der Waals surface area contributed by atoms with Crippen molar-refractivity contribution in [3.05, 3.63) is 47.0 Å². The quantitative estimate of drug-likeness (QED) is 0.667. The number of nitrogens with two attached hydrogens (primary N) is 1. The molecule has 3 aromatic rings. The molecule has 0 spiro atoms. The molecule has 0 saturated heterocycles. The third-order valence-corrected chi connectivity index (χ3v) is 4.80. The van der Waals surface area contributed by atoms with Crippen LogP contribution in [0.1, 0.15) is 30.0 Å². The summed E-state index contributed by atoms with van der Waals surface area (Å²) in [5, 5.41) is 11.6. The largest absolute Gasteiger partial charge is 0.384 e. The van der Waals surface area contributed by atoms with Crippen molar-refractivity contribution in [3.63, 3.8) is 0 Å². The van der Waals surface area contributed by atoms with Crippen LogP contribution in [0.4, 0.5) is 11.6 Å². The number of anilines is 2. The maximum atomic E-state index is 6.12. The van der Waals surface area contributed by atoms with Gasteiger partial charge in [-0.3, -0.25) is 10.00 Å². The van der Waals surface area contributed by atoms with Crippen molar-refractivity contribution in [3.8, 4) is 0 Å². The second kappa shape index (κ2) is 6.72. The van der Waals surface area contributed by atoms with E-state index in [9.17, 15) is 0 Å². The summed E-state index contributed by atoms with van der Waals surface area (Å²) in [6.45, 7) is 5.91. The number of H-pyrrole nitrogens is 1. The fourth-order valence-electron chi connectivity index (χ4n) is 3.58. The number of hydrogen-bond donors (Lipinski definition) is 3. The van der Waals surface area contributed by atoms with E-state index < -0.39 is 0 Å². The number of nitrogens with zero attached hydrogens (tertiary/aromatic N) is 3. The van der Waals surface area contributed by atoms with Gasteiger partial charge in [0.15, 0.2) is 5.65 Å². The van der Waals surface area contributed by atoms with E-state index in [2.05, 4.69) is 57.7 Å². The van der Waals surface area contributed by atoms with Gasteiger partial charge in [-0.05, 0) is 24.0 Å². The maximum absolute atomic E-state index is 6.12. The molecule has 0 aliphatic carbocycles. The van der Waals surface area contributed by atoms with Crippen LogP contribution in [-0.4, -0.2) is 33.2 Å². The summed E-state index contributed by atoms with van der Waals surface area (Å²) < 4.78 is 0. The number of fused-ring (bicyclic) bond motifs is 3. The molecule has 4 N–H and O–H groups in total. The Balaban J connectivity index is 1.69. The summed E-state index contributed by atoms with van der Waals surface area (Å²) in [7, 11) is 0. The molecule has 0 unspecified atom stereocenters. The minimum absolute atomic E-state index is 0.623. The van der Waals surface area contributed by atoms with Gasteiger partial charge in [-0.2, -0.15) is 5.10 Å². The molecule has 1 aromatic carbocycles. The zero-order valence-corrected chi connectivity index (χ0v) is 14.5. The van der Waals surface area contributed by atoms with E-state index in [1.165, 1.54) is 16.7 Å². The highest BCUT2D eigenvalue weighted by Crippen LogP contribution is 2.33. The zero-order valence-electron chi connectivity index (χ0n) is 14.5. The summed E-state index contributed by atoms with van der Waals surface area (Å²) in [5.41, 5.74) is 10.7. The van der Waals surface area contributed by atoms with Crippen molar-refractivity contribution in [2.45, 2.75) is 32.9 Å². The van der Waals surface area contributed by atoms with E-state index in [0.717, 1.165) is 50.2 Å². The molecule has 1 aliphatic rings. The number of nitrogens with one attached hydrogen (secondary N) is 2. The second-order valence-electron chi connectivity index (χ2n) is 6.63. The monoisotopic (exact) mass is 336 g/mol. The summed E-state index contributed by atoms with van der Waals surface area (Å²) >= 11 is 0. The molecular formula is C19H24N6. The first-order valence-corrected chi connectivity index (χ1v) is 8.91. The lowest BCUT2D eigenvalue weighted by atomic mass is 9.97. The molecule has 3 heterocycles. The summed E-state index contributed by atoms with van der Waals surface area (Å²) in [4.78, 5) is 7.20. The fraction of sp³-hybridized carbons (Fsp3) is 0.368. The lowest BCUT2D eigenvalue weighted by molar-refractivity contribution is 0.246. The van der Waals surface area contributed by atoms with Crippen LogP contribution >= 0.6 is 0 Å². The third-order valence-electron chi connectivity index (χ3n) is 4.80. The standard InChI is InChI=1S/C19H24N6/c1-2-9-21-18-15-12-25(11-13-6-4-3-5-7-13)10-8-14(15)16-17(20)23-24-19(16)22-18/h3-7H,2,8-12H2,1H3,(H4,20,21,22,23,24). The molecule has 4 rings (SSSR count). The Morgan fingerprint density at radius 3 is 2.88 bits per heavy atom. The van der Waals surface area contributed by atoms with Gasteiger partial charge < -0.3 is 11.1 Å². The van der Waals surface area contributed by atoms with E-state index in [1.807, 2.05) is 0 Å². The highest BCUT2D eigenvalue weighted by molar-refractivity contribution is 5.92. The smallest absolute Gasteiger partial charge is 0.185 e. The number of aromatic nitrogens is 3. The van der Waals surface area contributed by atoms with Gasteiger partial charge >= 0.3 is 0 Å². The Labute approximate surface area is 147 Å². The van der Waals surface area contributed by atoms with Crippen LogP contribution in [0, 0.1) is 0 Å². The van der Waals surface area contributed by atoms with E-state index in [1.54, 1.807) is 0 Å². The molecule has 0 amide bonds. The molecular weight excluding hydrogens is 312 g/mol. The number of nitrogen functional groups attached to an aromatic ring is 1. The van der Waals surface area contributed by atoms with Crippen molar-refractivity contribution in [1.29, 1.82) is 0 Å². The first-order valence-electron chi connectivity index (χ1n) is 8.91. The van der Waals surface area contributed by atoms with E-state index in [0.29, 0.717) is 11.5 Å². The van der Waals surface area contributed by atoms with Crippen molar-refractivity contribution < 1.29 is 0 Å². The minimum Gasteiger partial charge on any atom is -0.384 e. The van der Waals surface area contributed by atoms with Crippen molar-refractivity contribution in [2.75, 3.05) is 24.1 Å². The maximum Gasteiger partial charge on any atom is 0.185 e. The van der Waals surface area contributed by atoms with Gasteiger partial charge in [-0.25, -0.2) is 4.98 Å². The predicted octanol–water partition coefficient (Wildman–Crippen LogP) is 2.92. The molecule has 0 saturated carbocycles. The van der Waals surface area contributed by atoms with E-state index in [4.69, 9.17) is 10.7 Å². The molecule has 0 radical (unpaired) electrons. The normalized spacial score (nSPS) is 14.6. The molecule has 0 bridgehead atoms. The van der Waals surface area contributed by atoms with Gasteiger partial charge in [0, 0.05) is 31.7 Å². The highest BCUT2D eigenvalue weighted by Gasteiger charge is 2.25. The Morgan fingerprint density at radius 2 is 2.08 bits per heavy atom. The van der Waals surface area contributed by atoms with Gasteiger partial charge in [0.2, 0.25) is 0 Å². The van der Waals surface area contributed by atoms with Crippen LogP contribution in [0.2, 0.25) is 0 Å². The molecule has 25 heavy (non-hydrogen) atoms. The Morgan fingerprint density at radius 1 is 1.24 bits per heavy atom. The lowest BCUT2D eigenvalue weighted by Gasteiger charge is -2.30. The molecule has 1 aliphatic heterocycles. The van der Waals surface area contributed by atoms with Crippen molar-refractivity contribution in [1.82, 2.24) is 20.1 Å². The number of rotatable bonds is 5. The Hall–Kier alpha value is -2.60. The summed E-state index contributed by atoms with van der Waals surface area (Å²) in [5.74, 6) is 1.57. The van der Waals surface area contributed by atoms with Gasteiger partial charge in [0.1, 0.15) is 11.6 Å². The van der Waals surface area contributed by atoms with Crippen LogP contribution in [0.5, 0.6) is 0 Å². The van der Waals surface area contributed by atoms with Gasteiger partial charge in [-0.1, -0.05) is 37.3 Å². The first-order chi connectivity index (χ1) is 12.3. The number of aromatic amines is 1. The third kappa shape index (κ3) is 3.05. The van der Waals surface area contributed by atoms with Crippen LogP contribution < -0.4 is 11.1 Å². The molecule has 0 fully saturated rings. The lowest BCUT2D eigenvalue weighted by Crippen LogP contribution is -2.31. The van der Waals surface area contributed by atoms with E-state index in [-0.39, 0.29) is 0 Å². The summed E-state index contributed by atoms with van der Waals surface area (Å²) in [6.07, 6.45) is 2.02. The second-order valence-corrected chi connectivity index (χ2v) is 6.63. The van der Waals surface area contributed by atoms with Gasteiger partial charge in [0.05, 0.1) is 5.39 Å². The minimum atomic E-state index is 0.623. The van der Waals surface area contributed by atoms with Crippen LogP contribution in [0.25, 0.3) is 11.0 Å². The molecule has 130 valence electrons. The summed E-state index contributed by atoms with van der Waals surface area (Å²) in [6, 6.07) is 10.6. The topological polar surface area (TPSA) is 82.9 Å². The van der Waals surface area contributed by atoms with Gasteiger partial charge in [-0.15, -0.1) is 0 Å². The molecule has 0 atom stereocenters. The molecule has 2 aromatic heterocycles. The van der Waals surface area contributed by atoms with E-state index >= 15 is 0 Å². The predicted molar refractivity (Wildman–Crippen MR) is 101 cm³/mol. The van der Waals surface area contributed by atoms with Crippen LogP contribution in [0.3, 0.4) is 0 Å². The van der Waals surface area contributed by atoms with Crippen molar-refractivity contribution >= 4 is 22.7 Å². The Bertz CT molecular complexity index is 871. The number of pyridine rings is 1. The average molecular weight is 336 g/mol. The highest BCUT2D eigenvalue weighted by atomic mass is 15.2. The fourth-order valence-corrected chi connectivity index (χ4v) is 3.58. The first kappa shape index (κ1) is 15.9. The molecule has 6 nitrogen and oxygen atoms in total. The zero-order chi connectivity index (χ0) is 17.2. The van der Waals surface area contributed by atoms with Crippen LogP contribution in [-0.2, 0) is 19.5 Å². The van der Waals surface area contributed by atoms with Crippen LogP contribution in [0.15, 0.2) is 30.3 Å². The van der Waals surface area contributed by atoms with Crippen molar-refractivity contribution in [2.24, 2.45) is 0 Å². The average Bonchev–Trinajstić information content (AvgIpc) is 3.01. The number of hydrogen-bond acceptors (Lipinski definition) is 5. The SMILES string of the molecule is CCCNc1nc2n[nH]c(N)c2c2c1CN(Cc1ccccc1)CC2. The Kier molecular flexibility index (Phi) is 4.28.